The third kappa shape index (κ3) is 2.27. The van der Waals surface area contributed by atoms with Crippen molar-refractivity contribution in [2.75, 3.05) is 38.5 Å². The van der Waals surface area contributed by atoms with Gasteiger partial charge in [0.25, 0.3) is 0 Å². The Morgan fingerprint density at radius 2 is 1.86 bits per heavy atom. The fourth-order valence-corrected chi connectivity index (χ4v) is 3.11. The fourth-order valence-electron chi connectivity index (χ4n) is 3.11. The van der Waals surface area contributed by atoms with Gasteiger partial charge < -0.3 is 20.1 Å². The highest BCUT2D eigenvalue weighted by Gasteiger charge is 2.25. The van der Waals surface area contributed by atoms with Crippen LogP contribution in [0.15, 0.2) is 35.3 Å². The summed E-state index contributed by atoms with van der Waals surface area (Å²) in [5.74, 6) is 2.12. The first-order valence-corrected chi connectivity index (χ1v) is 7.79. The van der Waals surface area contributed by atoms with E-state index in [-0.39, 0.29) is 0 Å². The number of aliphatic imine (C=N–C) groups is 1. The molecule has 0 aliphatic carbocycles. The Bertz CT molecular complexity index is 722. The molecule has 2 aromatic rings. The smallest absolute Gasteiger partial charge is 0.140 e. The molecule has 3 heterocycles. The van der Waals surface area contributed by atoms with Crippen molar-refractivity contribution in [3.63, 3.8) is 0 Å². The predicted molar refractivity (Wildman–Crippen MR) is 90.5 cm³/mol. The molecule has 0 bridgehead atoms. The van der Waals surface area contributed by atoms with Crippen molar-refractivity contribution in [1.82, 2.24) is 14.8 Å². The monoisotopic (exact) mass is 295 g/mol. The van der Waals surface area contributed by atoms with E-state index in [9.17, 15) is 0 Å². The molecule has 22 heavy (non-hydrogen) atoms. The molecule has 2 N–H and O–H groups in total. The number of fused-ring (bicyclic) bond motifs is 2. The van der Waals surface area contributed by atoms with Crippen LogP contribution in [0.1, 0.15) is 11.3 Å². The minimum atomic E-state index is 0.999. The summed E-state index contributed by atoms with van der Waals surface area (Å²) in [5.41, 5.74) is 4.37. The lowest BCUT2D eigenvalue weighted by Crippen LogP contribution is -2.47. The van der Waals surface area contributed by atoms with Crippen LogP contribution in [0.25, 0.3) is 0 Å². The molecule has 2 aliphatic heterocycles. The van der Waals surface area contributed by atoms with E-state index in [0.29, 0.717) is 0 Å². The molecule has 1 aromatic carbocycles. The number of hydrogen-bond donors (Lipinski definition) is 2. The van der Waals surface area contributed by atoms with Crippen LogP contribution in [0.3, 0.4) is 0 Å². The molecule has 5 nitrogen and oxygen atoms in total. The van der Waals surface area contributed by atoms with Crippen molar-refractivity contribution in [2.24, 2.45) is 4.99 Å². The molecule has 1 aromatic heterocycles. The number of anilines is 2. The molecule has 0 unspecified atom stereocenters. The minimum Gasteiger partial charge on any atom is -0.353 e. The topological polar surface area (TPSA) is 46.7 Å². The highest BCUT2D eigenvalue weighted by Crippen LogP contribution is 2.34. The van der Waals surface area contributed by atoms with Gasteiger partial charge in [-0.1, -0.05) is 12.1 Å². The van der Waals surface area contributed by atoms with Gasteiger partial charge in [-0.2, -0.15) is 0 Å². The van der Waals surface area contributed by atoms with Crippen LogP contribution in [0, 0.1) is 6.92 Å². The number of likely N-dealkylation sites (N-methyl/N-ethyl adjacent to an activating group) is 1. The zero-order chi connectivity index (χ0) is 15.1. The molecule has 114 valence electrons. The molecular formula is C17H21N5. The average Bonchev–Trinajstić information content (AvgIpc) is 2.80. The first-order valence-electron chi connectivity index (χ1n) is 7.79. The molecule has 0 radical (unpaired) electrons. The number of para-hydroxylation sites is 2. The lowest BCUT2D eigenvalue weighted by Gasteiger charge is -2.34. The quantitative estimate of drug-likeness (QED) is 0.785. The van der Waals surface area contributed by atoms with E-state index < -0.39 is 0 Å². The SMILES string of the molecule is Cc1cc2c([nH]1)Nc1ccccc1N=C2N1CCN(C)CC1. The summed E-state index contributed by atoms with van der Waals surface area (Å²) in [4.78, 5) is 13.2. The second-order valence-corrected chi connectivity index (χ2v) is 6.11. The van der Waals surface area contributed by atoms with Gasteiger partial charge in [0.1, 0.15) is 11.7 Å². The maximum absolute atomic E-state index is 4.98. The summed E-state index contributed by atoms with van der Waals surface area (Å²) in [6.45, 7) is 6.27. The zero-order valence-corrected chi connectivity index (χ0v) is 13.1. The van der Waals surface area contributed by atoms with Crippen molar-refractivity contribution >= 4 is 23.0 Å². The van der Waals surface area contributed by atoms with Gasteiger partial charge in [0.2, 0.25) is 0 Å². The van der Waals surface area contributed by atoms with Crippen LogP contribution in [0.5, 0.6) is 0 Å². The van der Waals surface area contributed by atoms with E-state index in [1.54, 1.807) is 0 Å². The highest BCUT2D eigenvalue weighted by molar-refractivity contribution is 6.07. The van der Waals surface area contributed by atoms with Crippen molar-refractivity contribution in [2.45, 2.75) is 6.92 Å². The Kier molecular flexibility index (Phi) is 3.15. The molecule has 5 heteroatoms. The molecule has 0 spiro atoms. The third-order valence-electron chi connectivity index (χ3n) is 4.39. The summed E-state index contributed by atoms with van der Waals surface area (Å²) in [6, 6.07) is 10.4. The van der Waals surface area contributed by atoms with Crippen molar-refractivity contribution in [3.8, 4) is 0 Å². The van der Waals surface area contributed by atoms with E-state index in [0.717, 1.165) is 54.9 Å². The summed E-state index contributed by atoms with van der Waals surface area (Å²) in [7, 11) is 2.18. The molecule has 1 fully saturated rings. The molecule has 0 saturated carbocycles. The van der Waals surface area contributed by atoms with Gasteiger partial charge in [-0.05, 0) is 32.2 Å². The number of nitrogens with zero attached hydrogens (tertiary/aromatic N) is 3. The molecule has 4 rings (SSSR count). The van der Waals surface area contributed by atoms with E-state index in [4.69, 9.17) is 4.99 Å². The second kappa shape index (κ2) is 5.18. The van der Waals surface area contributed by atoms with Gasteiger partial charge in [0.05, 0.1) is 16.9 Å². The summed E-state index contributed by atoms with van der Waals surface area (Å²) in [5, 5.41) is 3.49. The largest absolute Gasteiger partial charge is 0.353 e. The molecule has 0 amide bonds. The average molecular weight is 295 g/mol. The van der Waals surface area contributed by atoms with Gasteiger partial charge in [-0.15, -0.1) is 0 Å². The van der Waals surface area contributed by atoms with E-state index in [2.05, 4.69) is 52.3 Å². The molecular weight excluding hydrogens is 274 g/mol. The fraction of sp³-hybridized carbons (Fsp3) is 0.353. The zero-order valence-electron chi connectivity index (χ0n) is 13.1. The van der Waals surface area contributed by atoms with Gasteiger partial charge in [-0.25, -0.2) is 4.99 Å². The molecule has 1 saturated heterocycles. The van der Waals surface area contributed by atoms with Crippen LogP contribution in [-0.2, 0) is 0 Å². The third-order valence-corrected chi connectivity index (χ3v) is 4.39. The number of hydrogen-bond acceptors (Lipinski definition) is 4. The maximum Gasteiger partial charge on any atom is 0.140 e. The minimum absolute atomic E-state index is 0.999. The Morgan fingerprint density at radius 1 is 1.09 bits per heavy atom. The van der Waals surface area contributed by atoms with Crippen LogP contribution < -0.4 is 5.32 Å². The number of nitrogens with one attached hydrogen (secondary N) is 2. The number of H-pyrrole nitrogens is 1. The van der Waals surface area contributed by atoms with Gasteiger partial charge in [-0.3, -0.25) is 0 Å². The first-order chi connectivity index (χ1) is 10.7. The number of benzene rings is 1. The Morgan fingerprint density at radius 3 is 2.68 bits per heavy atom. The van der Waals surface area contributed by atoms with Crippen LogP contribution in [-0.4, -0.2) is 53.8 Å². The Labute approximate surface area is 130 Å². The van der Waals surface area contributed by atoms with Crippen LogP contribution in [0.2, 0.25) is 0 Å². The summed E-state index contributed by atoms with van der Waals surface area (Å²) in [6.07, 6.45) is 0. The Balaban J connectivity index is 1.81. The van der Waals surface area contributed by atoms with Gasteiger partial charge in [0.15, 0.2) is 0 Å². The lowest BCUT2D eigenvalue weighted by molar-refractivity contribution is 0.216. The molecule has 0 atom stereocenters. The molecule has 2 aliphatic rings. The number of aromatic amines is 1. The number of aromatic nitrogens is 1. The van der Waals surface area contributed by atoms with Gasteiger partial charge >= 0.3 is 0 Å². The van der Waals surface area contributed by atoms with Crippen molar-refractivity contribution in [3.05, 3.63) is 41.6 Å². The van der Waals surface area contributed by atoms with E-state index in [1.165, 1.54) is 5.56 Å². The second-order valence-electron chi connectivity index (χ2n) is 6.11. The van der Waals surface area contributed by atoms with E-state index >= 15 is 0 Å². The summed E-state index contributed by atoms with van der Waals surface area (Å²) < 4.78 is 0. The summed E-state index contributed by atoms with van der Waals surface area (Å²) >= 11 is 0. The number of aryl methyl sites for hydroxylation is 1. The highest BCUT2D eigenvalue weighted by atomic mass is 15.3. The van der Waals surface area contributed by atoms with Crippen molar-refractivity contribution < 1.29 is 0 Å². The number of piperazine rings is 1. The van der Waals surface area contributed by atoms with Crippen LogP contribution >= 0.6 is 0 Å². The predicted octanol–water partition coefficient (Wildman–Crippen LogP) is 2.71. The van der Waals surface area contributed by atoms with Crippen molar-refractivity contribution in [1.29, 1.82) is 0 Å². The van der Waals surface area contributed by atoms with Gasteiger partial charge in [0, 0.05) is 31.9 Å². The maximum atomic E-state index is 4.98. The van der Waals surface area contributed by atoms with Crippen LogP contribution in [0.4, 0.5) is 17.2 Å². The Hall–Kier alpha value is -2.27. The normalized spacial score (nSPS) is 18.1. The number of rotatable bonds is 0. The number of amidine groups is 1. The first kappa shape index (κ1) is 13.4. The standard InChI is InChI=1S/C17H21N5/c1-12-11-13-16(18-12)19-14-5-3-4-6-15(14)20-17(13)22-9-7-21(2)8-10-22/h3-6,11,18-19H,7-10H2,1-2H3. The van der Waals surface area contributed by atoms with E-state index in [1.807, 2.05) is 12.1 Å². The lowest BCUT2D eigenvalue weighted by atomic mass is 10.2.